The predicted molar refractivity (Wildman–Crippen MR) is 171 cm³/mol. The van der Waals surface area contributed by atoms with Crippen molar-refractivity contribution in [3.05, 3.63) is 108 Å². The zero-order chi connectivity index (χ0) is 31.9. The van der Waals surface area contributed by atoms with Gasteiger partial charge in [0.2, 0.25) is 17.7 Å². The first kappa shape index (κ1) is 31.0. The van der Waals surface area contributed by atoms with Crippen molar-refractivity contribution < 1.29 is 24.3 Å². The molecule has 0 radical (unpaired) electrons. The van der Waals surface area contributed by atoms with Gasteiger partial charge in [-0.05, 0) is 42.2 Å². The van der Waals surface area contributed by atoms with Crippen LogP contribution in [-0.2, 0) is 38.4 Å². The molecule has 11 heteroatoms. The third kappa shape index (κ3) is 7.57. The molecule has 5 aromatic rings. The highest BCUT2D eigenvalue weighted by Crippen LogP contribution is 2.21. The highest BCUT2D eigenvalue weighted by atomic mass is 16.4. The van der Waals surface area contributed by atoms with E-state index in [1.807, 2.05) is 72.9 Å². The summed E-state index contributed by atoms with van der Waals surface area (Å²) < 4.78 is 0. The van der Waals surface area contributed by atoms with Crippen LogP contribution in [-0.4, -0.2) is 62.9 Å². The third-order valence-electron chi connectivity index (χ3n) is 7.83. The molecule has 11 nitrogen and oxygen atoms in total. The fraction of sp³-hybridized carbons (Fsp3) is 0.235. The summed E-state index contributed by atoms with van der Waals surface area (Å²) in [6, 6.07) is 20.0. The molecule has 4 unspecified atom stereocenters. The quantitative estimate of drug-likeness (QED) is 0.108. The van der Waals surface area contributed by atoms with Crippen molar-refractivity contribution in [1.82, 2.24) is 25.9 Å². The highest BCUT2D eigenvalue weighted by Gasteiger charge is 2.30. The minimum Gasteiger partial charge on any atom is -0.480 e. The van der Waals surface area contributed by atoms with E-state index in [0.717, 1.165) is 38.5 Å². The van der Waals surface area contributed by atoms with Crippen LogP contribution < -0.4 is 21.7 Å². The molecule has 0 bridgehead atoms. The van der Waals surface area contributed by atoms with Gasteiger partial charge in [-0.25, -0.2) is 0 Å². The number of para-hydroxylation sites is 2. The van der Waals surface area contributed by atoms with Gasteiger partial charge in [-0.1, -0.05) is 66.7 Å². The van der Waals surface area contributed by atoms with E-state index in [0.29, 0.717) is 0 Å². The fourth-order valence-corrected chi connectivity index (χ4v) is 5.35. The molecule has 5 rings (SSSR count). The summed E-state index contributed by atoms with van der Waals surface area (Å²) >= 11 is 0. The van der Waals surface area contributed by atoms with Gasteiger partial charge in [-0.2, -0.15) is 0 Å². The number of aliphatic carboxylic acids is 1. The lowest BCUT2D eigenvalue weighted by Gasteiger charge is -2.25. The maximum Gasteiger partial charge on any atom is 0.325 e. The van der Waals surface area contributed by atoms with E-state index in [1.165, 1.54) is 6.92 Å². The van der Waals surface area contributed by atoms with Crippen LogP contribution in [0.25, 0.3) is 21.8 Å². The summed E-state index contributed by atoms with van der Waals surface area (Å²) in [5.74, 6) is -2.99. The van der Waals surface area contributed by atoms with Crippen LogP contribution in [0.4, 0.5) is 0 Å². The summed E-state index contributed by atoms with van der Waals surface area (Å²) in [5.41, 5.74) is 10.6. The van der Waals surface area contributed by atoms with E-state index in [2.05, 4.69) is 25.9 Å². The van der Waals surface area contributed by atoms with Gasteiger partial charge in [0.05, 0.1) is 6.04 Å². The van der Waals surface area contributed by atoms with Gasteiger partial charge in [-0.15, -0.1) is 0 Å². The molecule has 0 aliphatic rings. The Labute approximate surface area is 259 Å². The highest BCUT2D eigenvalue weighted by molar-refractivity contribution is 5.95. The van der Waals surface area contributed by atoms with Crippen LogP contribution in [0.3, 0.4) is 0 Å². The average Bonchev–Trinajstić information content (AvgIpc) is 3.64. The van der Waals surface area contributed by atoms with Gasteiger partial charge in [0.25, 0.3) is 0 Å². The number of carboxylic acid groups (broad SMARTS) is 1. The van der Waals surface area contributed by atoms with Crippen molar-refractivity contribution >= 4 is 45.5 Å². The second-order valence-electron chi connectivity index (χ2n) is 11.1. The van der Waals surface area contributed by atoms with E-state index in [-0.39, 0.29) is 19.3 Å². The van der Waals surface area contributed by atoms with Crippen LogP contribution in [0.15, 0.2) is 91.3 Å². The number of benzene rings is 3. The van der Waals surface area contributed by atoms with Gasteiger partial charge in [0, 0.05) is 47.0 Å². The Bertz CT molecular complexity index is 1810. The van der Waals surface area contributed by atoms with Gasteiger partial charge >= 0.3 is 5.97 Å². The van der Waals surface area contributed by atoms with Crippen LogP contribution in [0.2, 0.25) is 0 Å². The molecule has 2 aromatic heterocycles. The number of carbonyl (C=O) groups is 4. The molecule has 2 heterocycles. The monoisotopic (exact) mass is 608 g/mol. The summed E-state index contributed by atoms with van der Waals surface area (Å²) in [4.78, 5) is 58.4. The fourth-order valence-electron chi connectivity index (χ4n) is 5.35. The van der Waals surface area contributed by atoms with Crippen LogP contribution in [0.5, 0.6) is 0 Å². The van der Waals surface area contributed by atoms with E-state index in [1.54, 1.807) is 18.3 Å². The van der Waals surface area contributed by atoms with Crippen molar-refractivity contribution in [3.63, 3.8) is 0 Å². The topological polar surface area (TPSA) is 182 Å². The second kappa shape index (κ2) is 13.9. The molecule has 3 amide bonds. The first-order valence-electron chi connectivity index (χ1n) is 14.7. The van der Waals surface area contributed by atoms with Gasteiger partial charge in [0.15, 0.2) is 0 Å². The van der Waals surface area contributed by atoms with Crippen molar-refractivity contribution in [2.24, 2.45) is 5.73 Å². The maximum atomic E-state index is 13.9. The van der Waals surface area contributed by atoms with Crippen molar-refractivity contribution in [3.8, 4) is 0 Å². The second-order valence-corrected chi connectivity index (χ2v) is 11.1. The number of carboxylic acids is 1. The number of aromatic nitrogens is 2. The summed E-state index contributed by atoms with van der Waals surface area (Å²) in [6.45, 7) is 1.34. The van der Waals surface area contributed by atoms with Crippen molar-refractivity contribution in [1.29, 1.82) is 0 Å². The Balaban J connectivity index is 1.38. The van der Waals surface area contributed by atoms with E-state index in [4.69, 9.17) is 5.73 Å². The molecule has 0 aliphatic heterocycles. The molecule has 0 aliphatic carbocycles. The number of hydrogen-bond donors (Lipinski definition) is 7. The smallest absolute Gasteiger partial charge is 0.325 e. The molecular weight excluding hydrogens is 572 g/mol. The lowest BCUT2D eigenvalue weighted by atomic mass is 10.0. The Morgan fingerprint density at radius 3 is 1.76 bits per heavy atom. The Kier molecular flexibility index (Phi) is 9.59. The molecule has 3 aromatic carbocycles. The minimum absolute atomic E-state index is 0.110. The normalized spacial score (nSPS) is 13.9. The van der Waals surface area contributed by atoms with E-state index < -0.39 is 47.9 Å². The minimum atomic E-state index is -1.21. The number of amides is 3. The number of carbonyl (C=O) groups excluding carboxylic acids is 3. The molecular formula is C34H36N6O5. The summed E-state index contributed by atoms with van der Waals surface area (Å²) in [5, 5.41) is 19.2. The standard InChI is InChI=1S/C34H36N6O5/c1-20(34(44)45)38-32(42)29(15-21-9-3-2-4-10-21)40-33(43)30(17-23-19-37-28-14-8-6-12-25(23)28)39-31(41)26(35)16-22-18-36-27-13-7-5-11-24(22)27/h2-14,18-20,26,29-30,36-37H,15-17,35H2,1H3,(H,38,42)(H,39,41)(H,40,43)(H,44,45). The third-order valence-corrected chi connectivity index (χ3v) is 7.83. The van der Waals surface area contributed by atoms with Crippen LogP contribution in [0, 0.1) is 0 Å². The van der Waals surface area contributed by atoms with Gasteiger partial charge < -0.3 is 36.8 Å². The first-order valence-corrected chi connectivity index (χ1v) is 14.7. The van der Waals surface area contributed by atoms with Crippen LogP contribution in [0.1, 0.15) is 23.6 Å². The average molecular weight is 609 g/mol. The lowest BCUT2D eigenvalue weighted by Crippen LogP contribution is -2.58. The maximum absolute atomic E-state index is 13.9. The molecule has 0 saturated carbocycles. The number of hydrogen-bond acceptors (Lipinski definition) is 5. The van der Waals surface area contributed by atoms with Gasteiger partial charge in [-0.3, -0.25) is 19.2 Å². The lowest BCUT2D eigenvalue weighted by molar-refractivity contribution is -0.141. The van der Waals surface area contributed by atoms with Crippen molar-refractivity contribution in [2.45, 2.75) is 50.4 Å². The zero-order valence-corrected chi connectivity index (χ0v) is 24.7. The van der Waals surface area contributed by atoms with Crippen molar-refractivity contribution in [2.75, 3.05) is 0 Å². The number of rotatable bonds is 13. The zero-order valence-electron chi connectivity index (χ0n) is 24.7. The summed E-state index contributed by atoms with van der Waals surface area (Å²) in [6.07, 6.45) is 4.07. The molecule has 0 saturated heterocycles. The number of aromatic amines is 2. The number of nitrogens with one attached hydrogen (secondary N) is 5. The first-order chi connectivity index (χ1) is 21.7. The summed E-state index contributed by atoms with van der Waals surface area (Å²) in [7, 11) is 0. The molecule has 0 fully saturated rings. The van der Waals surface area contributed by atoms with E-state index in [9.17, 15) is 24.3 Å². The predicted octanol–water partition coefficient (Wildman–Crippen LogP) is 2.56. The molecule has 232 valence electrons. The Morgan fingerprint density at radius 2 is 1.16 bits per heavy atom. The van der Waals surface area contributed by atoms with Gasteiger partial charge in [0.1, 0.15) is 18.1 Å². The Morgan fingerprint density at radius 1 is 0.667 bits per heavy atom. The molecule has 4 atom stereocenters. The molecule has 8 N–H and O–H groups in total. The molecule has 45 heavy (non-hydrogen) atoms. The number of H-pyrrole nitrogens is 2. The number of fused-ring (bicyclic) bond motifs is 2. The SMILES string of the molecule is CC(NC(=O)C(Cc1ccccc1)NC(=O)C(Cc1c[nH]c2ccccc12)NC(=O)C(N)Cc1c[nH]c2ccccc12)C(=O)O. The largest absolute Gasteiger partial charge is 0.480 e. The van der Waals surface area contributed by atoms with Crippen LogP contribution >= 0.6 is 0 Å². The number of nitrogens with two attached hydrogens (primary N) is 1. The van der Waals surface area contributed by atoms with E-state index >= 15 is 0 Å². The molecule has 0 spiro atoms. The Hall–Kier alpha value is -5.42.